The Balaban J connectivity index is 2.72. The van der Waals surface area contributed by atoms with Crippen LogP contribution in [0.1, 0.15) is 0 Å². The zero-order valence-electron chi connectivity index (χ0n) is 9.12. The van der Waals surface area contributed by atoms with Crippen molar-refractivity contribution in [3.05, 3.63) is 24.3 Å². The van der Waals surface area contributed by atoms with Gasteiger partial charge in [-0.1, -0.05) is 6.07 Å². The molecule has 0 unspecified atom stereocenters. The quantitative estimate of drug-likeness (QED) is 0.588. The van der Waals surface area contributed by atoms with Gasteiger partial charge in [0.25, 0.3) is 0 Å². The van der Waals surface area contributed by atoms with Crippen LogP contribution in [0.2, 0.25) is 0 Å². The van der Waals surface area contributed by atoms with Gasteiger partial charge in [-0.25, -0.2) is 4.79 Å². The van der Waals surface area contributed by atoms with Gasteiger partial charge in [0.15, 0.2) is 6.61 Å². The smallest absolute Gasteiger partial charge is 0.341 e. The minimum Gasteiger partial charge on any atom is -0.482 e. The van der Waals surface area contributed by atoms with Crippen molar-refractivity contribution in [2.75, 3.05) is 12.0 Å². The third-order valence-electron chi connectivity index (χ3n) is 1.70. The highest BCUT2D eigenvalue weighted by molar-refractivity contribution is 6.10. The van der Waals surface area contributed by atoms with Gasteiger partial charge < -0.3 is 9.84 Å². The zero-order valence-corrected chi connectivity index (χ0v) is 9.12. The fraction of sp³-hybridized carbons (Fsp3) is 0.0909. The summed E-state index contributed by atoms with van der Waals surface area (Å²) in [4.78, 5) is 10.3. The molecule has 0 heterocycles. The number of carboxylic acid groups (broad SMARTS) is 1. The number of benzene rings is 1. The summed E-state index contributed by atoms with van der Waals surface area (Å²) in [5, 5.41) is 28.9. The lowest BCUT2D eigenvalue weighted by molar-refractivity contribution is -0.139. The lowest BCUT2D eigenvalue weighted by Gasteiger charge is -2.05. The topological polar surface area (TPSA) is 119 Å². The maximum Gasteiger partial charge on any atom is 0.341 e. The second kappa shape index (κ2) is 6.51. The second-order valence-electron chi connectivity index (χ2n) is 3.01. The Morgan fingerprint density at radius 1 is 1.44 bits per heavy atom. The number of carbonyl (C=O) groups is 1. The van der Waals surface area contributed by atoms with Gasteiger partial charge in [-0.15, -0.1) is 0 Å². The highest BCUT2D eigenvalue weighted by Gasteiger charge is 2.00. The van der Waals surface area contributed by atoms with E-state index in [9.17, 15) is 4.79 Å². The first-order chi connectivity index (χ1) is 8.65. The summed E-state index contributed by atoms with van der Waals surface area (Å²) in [5.74, 6) is -0.740. The van der Waals surface area contributed by atoms with Crippen molar-refractivity contribution < 1.29 is 14.6 Å². The number of nitrogens with one attached hydrogen (secondary N) is 1. The molecule has 0 saturated carbocycles. The predicted octanol–water partition coefficient (Wildman–Crippen LogP) is 0.965. The number of hydrogen-bond acceptors (Lipinski definition) is 6. The van der Waals surface area contributed by atoms with E-state index in [1.54, 1.807) is 30.3 Å². The van der Waals surface area contributed by atoms with Gasteiger partial charge in [-0.05, 0) is 12.1 Å². The number of rotatable bonds is 5. The van der Waals surface area contributed by atoms with E-state index < -0.39 is 12.6 Å². The largest absolute Gasteiger partial charge is 0.482 e. The average Bonchev–Trinajstić information content (AvgIpc) is 2.38. The van der Waals surface area contributed by atoms with Gasteiger partial charge in [0.1, 0.15) is 17.9 Å². The Morgan fingerprint density at radius 2 is 2.17 bits per heavy atom. The van der Waals surface area contributed by atoms with Crippen LogP contribution < -0.4 is 10.2 Å². The maximum atomic E-state index is 10.3. The summed E-state index contributed by atoms with van der Waals surface area (Å²) in [6.45, 7) is -0.450. The van der Waals surface area contributed by atoms with Crippen molar-refractivity contribution >= 4 is 17.4 Å². The van der Waals surface area contributed by atoms with Gasteiger partial charge in [0.05, 0.1) is 5.69 Å². The van der Waals surface area contributed by atoms with Gasteiger partial charge in [-0.3, -0.25) is 5.43 Å². The maximum absolute atomic E-state index is 10.3. The standard InChI is InChI=1S/C11H8N4O3/c12-5-9(6-13)15-14-8-2-1-3-10(4-8)18-7-11(16)17/h1-4,14H,7H2,(H,16,17). The van der Waals surface area contributed by atoms with Crippen molar-refractivity contribution in [1.82, 2.24) is 0 Å². The van der Waals surface area contributed by atoms with Crippen LogP contribution in [0.15, 0.2) is 29.4 Å². The molecule has 0 amide bonds. The minimum absolute atomic E-state index is 0.313. The summed E-state index contributed by atoms with van der Waals surface area (Å²) in [7, 11) is 0. The van der Waals surface area contributed by atoms with Gasteiger partial charge in [0.2, 0.25) is 5.71 Å². The number of carboxylic acids is 1. The second-order valence-corrected chi connectivity index (χ2v) is 3.01. The summed E-state index contributed by atoms with van der Waals surface area (Å²) >= 11 is 0. The molecule has 0 aromatic heterocycles. The molecular weight excluding hydrogens is 236 g/mol. The molecule has 0 aliphatic rings. The molecule has 0 spiro atoms. The van der Waals surface area contributed by atoms with Crippen LogP contribution in [0.3, 0.4) is 0 Å². The normalized spacial score (nSPS) is 8.56. The molecule has 1 rings (SSSR count). The molecule has 0 atom stereocenters. The molecule has 7 heteroatoms. The molecule has 0 aliphatic carbocycles. The fourth-order valence-corrected chi connectivity index (χ4v) is 0.996. The molecule has 0 bridgehead atoms. The molecule has 0 fully saturated rings. The summed E-state index contributed by atoms with van der Waals surface area (Å²) in [6.07, 6.45) is 0. The van der Waals surface area contributed by atoms with Crippen LogP contribution in [0.5, 0.6) is 5.75 Å². The van der Waals surface area contributed by atoms with Crippen molar-refractivity contribution in [1.29, 1.82) is 10.5 Å². The number of nitrogens with zero attached hydrogens (tertiary/aromatic N) is 3. The molecule has 1 aromatic carbocycles. The first-order valence-corrected chi connectivity index (χ1v) is 4.74. The van der Waals surface area contributed by atoms with Gasteiger partial charge in [-0.2, -0.15) is 15.6 Å². The lowest BCUT2D eigenvalue weighted by atomic mass is 10.3. The third-order valence-corrected chi connectivity index (χ3v) is 1.70. The number of aliphatic carboxylic acids is 1. The molecule has 0 saturated heterocycles. The van der Waals surface area contributed by atoms with Crippen molar-refractivity contribution in [3.63, 3.8) is 0 Å². The lowest BCUT2D eigenvalue weighted by Crippen LogP contribution is -2.09. The van der Waals surface area contributed by atoms with Crippen molar-refractivity contribution in [3.8, 4) is 17.9 Å². The number of anilines is 1. The molecular formula is C11H8N4O3. The predicted molar refractivity (Wildman–Crippen MR) is 61.9 cm³/mol. The number of hydrogen-bond donors (Lipinski definition) is 2. The summed E-state index contributed by atoms with van der Waals surface area (Å²) in [5.41, 5.74) is 2.65. The Kier molecular flexibility index (Phi) is 4.70. The third kappa shape index (κ3) is 4.21. The summed E-state index contributed by atoms with van der Waals surface area (Å²) in [6, 6.07) is 9.51. The summed E-state index contributed by atoms with van der Waals surface area (Å²) < 4.78 is 4.95. The Bertz CT molecular complexity index is 538. The minimum atomic E-state index is -1.08. The van der Waals surface area contributed by atoms with Crippen LogP contribution in [-0.4, -0.2) is 23.4 Å². The van der Waals surface area contributed by atoms with E-state index in [4.69, 9.17) is 20.4 Å². The van der Waals surface area contributed by atoms with Gasteiger partial charge >= 0.3 is 5.97 Å². The zero-order chi connectivity index (χ0) is 13.4. The number of hydrazone groups is 1. The first-order valence-electron chi connectivity index (χ1n) is 4.74. The molecule has 2 N–H and O–H groups in total. The van der Waals surface area contributed by atoms with E-state index in [0.717, 1.165) is 0 Å². The van der Waals surface area contributed by atoms with Crippen molar-refractivity contribution in [2.45, 2.75) is 0 Å². The molecule has 18 heavy (non-hydrogen) atoms. The van der Waals surface area contributed by atoms with Crippen LogP contribution in [0.4, 0.5) is 5.69 Å². The van der Waals surface area contributed by atoms with Crippen LogP contribution in [-0.2, 0) is 4.79 Å². The van der Waals surface area contributed by atoms with Crippen LogP contribution in [0, 0.1) is 22.7 Å². The van der Waals surface area contributed by atoms with E-state index in [0.29, 0.717) is 11.4 Å². The number of nitriles is 2. The van der Waals surface area contributed by atoms with E-state index in [-0.39, 0.29) is 5.71 Å². The van der Waals surface area contributed by atoms with Gasteiger partial charge in [0, 0.05) is 6.07 Å². The van der Waals surface area contributed by atoms with Crippen LogP contribution in [0.25, 0.3) is 0 Å². The van der Waals surface area contributed by atoms with E-state index in [1.807, 2.05) is 0 Å². The van der Waals surface area contributed by atoms with Crippen molar-refractivity contribution in [2.24, 2.45) is 5.10 Å². The number of ether oxygens (including phenoxy) is 1. The highest BCUT2D eigenvalue weighted by atomic mass is 16.5. The molecule has 0 aliphatic heterocycles. The Morgan fingerprint density at radius 3 is 2.78 bits per heavy atom. The molecule has 90 valence electrons. The Hall–Kier alpha value is -3.06. The van der Waals surface area contributed by atoms with Crippen LogP contribution >= 0.6 is 0 Å². The fourth-order valence-electron chi connectivity index (χ4n) is 0.996. The SMILES string of the molecule is N#CC(C#N)=NNc1cccc(OCC(=O)O)c1. The highest BCUT2D eigenvalue weighted by Crippen LogP contribution is 2.17. The molecule has 7 nitrogen and oxygen atoms in total. The monoisotopic (exact) mass is 244 g/mol. The van der Waals surface area contributed by atoms with E-state index >= 15 is 0 Å². The Labute approximate surface area is 103 Å². The van der Waals surface area contributed by atoms with E-state index in [1.165, 1.54) is 6.07 Å². The van der Waals surface area contributed by atoms with E-state index in [2.05, 4.69) is 10.5 Å². The molecule has 1 aromatic rings. The average molecular weight is 244 g/mol. The molecule has 0 radical (unpaired) electrons. The first kappa shape index (κ1) is 13.0.